The zero-order chi connectivity index (χ0) is 14.7. The Bertz CT molecular complexity index is 538. The van der Waals surface area contributed by atoms with E-state index in [0.717, 1.165) is 6.07 Å². The number of likely N-dealkylation sites (tertiary alicyclic amines) is 1. The number of piperidine rings is 1. The van der Waals surface area contributed by atoms with Crippen LogP contribution in [0.5, 0.6) is 0 Å². The third kappa shape index (κ3) is 3.39. The number of carbonyl (C=O) groups excluding carboxylic acids is 1. The highest BCUT2D eigenvalue weighted by atomic mass is 35.5. The van der Waals surface area contributed by atoms with Gasteiger partial charge in [-0.25, -0.2) is 9.18 Å². The number of benzene rings is 1. The highest BCUT2D eigenvalue weighted by molar-refractivity contribution is 6.33. The van der Waals surface area contributed by atoms with Crippen LogP contribution in [-0.4, -0.2) is 35.1 Å². The van der Waals surface area contributed by atoms with Crippen LogP contribution in [0.3, 0.4) is 0 Å². The second-order valence-electron chi connectivity index (χ2n) is 4.68. The highest BCUT2D eigenvalue weighted by Crippen LogP contribution is 2.24. The maximum atomic E-state index is 12.9. The minimum Gasteiger partial charge on any atom is -0.481 e. The topological polar surface area (TPSA) is 69.6 Å². The summed E-state index contributed by atoms with van der Waals surface area (Å²) in [7, 11) is 0. The maximum Gasteiger partial charge on any atom is 0.321 e. The monoisotopic (exact) mass is 300 g/mol. The number of amides is 2. The molecule has 1 heterocycles. The van der Waals surface area contributed by atoms with Crippen molar-refractivity contribution in [3.8, 4) is 0 Å². The average Bonchev–Trinajstić information content (AvgIpc) is 2.42. The van der Waals surface area contributed by atoms with Gasteiger partial charge in [-0.15, -0.1) is 0 Å². The fourth-order valence-corrected chi connectivity index (χ4v) is 2.36. The van der Waals surface area contributed by atoms with Crippen molar-refractivity contribution in [2.24, 2.45) is 5.92 Å². The Labute approximate surface area is 120 Å². The van der Waals surface area contributed by atoms with Crippen LogP contribution < -0.4 is 5.32 Å². The van der Waals surface area contributed by atoms with Crippen molar-refractivity contribution in [3.05, 3.63) is 29.0 Å². The summed E-state index contributed by atoms with van der Waals surface area (Å²) >= 11 is 5.82. The van der Waals surface area contributed by atoms with E-state index in [-0.39, 0.29) is 11.6 Å². The zero-order valence-electron chi connectivity index (χ0n) is 10.6. The van der Waals surface area contributed by atoms with E-state index in [0.29, 0.717) is 25.1 Å². The Morgan fingerprint density at radius 1 is 1.45 bits per heavy atom. The molecule has 1 aliphatic heterocycles. The van der Waals surface area contributed by atoms with Crippen molar-refractivity contribution in [2.75, 3.05) is 18.4 Å². The van der Waals surface area contributed by atoms with Crippen LogP contribution in [0.25, 0.3) is 0 Å². The van der Waals surface area contributed by atoms with Crippen LogP contribution in [0.2, 0.25) is 5.02 Å². The summed E-state index contributed by atoms with van der Waals surface area (Å²) in [4.78, 5) is 24.4. The molecule has 0 aromatic heterocycles. The molecule has 5 nitrogen and oxygen atoms in total. The predicted octanol–water partition coefficient (Wildman–Crippen LogP) is 2.81. The third-order valence-electron chi connectivity index (χ3n) is 3.23. The molecule has 108 valence electrons. The smallest absolute Gasteiger partial charge is 0.321 e. The van der Waals surface area contributed by atoms with Crippen LogP contribution in [0.1, 0.15) is 12.8 Å². The molecule has 0 bridgehead atoms. The summed E-state index contributed by atoms with van der Waals surface area (Å²) < 4.78 is 12.9. The molecule has 0 aliphatic carbocycles. The van der Waals surface area contributed by atoms with Gasteiger partial charge in [0.05, 0.1) is 16.6 Å². The Morgan fingerprint density at radius 2 is 2.20 bits per heavy atom. The van der Waals surface area contributed by atoms with Crippen LogP contribution >= 0.6 is 11.6 Å². The van der Waals surface area contributed by atoms with Gasteiger partial charge in [-0.1, -0.05) is 11.6 Å². The second kappa shape index (κ2) is 6.09. The van der Waals surface area contributed by atoms with Gasteiger partial charge in [0, 0.05) is 13.1 Å². The number of nitrogens with one attached hydrogen (secondary N) is 1. The minimum atomic E-state index is -0.901. The lowest BCUT2D eigenvalue weighted by Gasteiger charge is -2.30. The van der Waals surface area contributed by atoms with Gasteiger partial charge < -0.3 is 15.3 Å². The molecule has 0 saturated carbocycles. The van der Waals surface area contributed by atoms with Crippen molar-refractivity contribution in [2.45, 2.75) is 12.8 Å². The second-order valence-corrected chi connectivity index (χ2v) is 5.08. The number of carboxylic acid groups (broad SMARTS) is 1. The molecular weight excluding hydrogens is 287 g/mol. The molecule has 20 heavy (non-hydrogen) atoms. The Balaban J connectivity index is 2.02. The number of rotatable bonds is 2. The van der Waals surface area contributed by atoms with Gasteiger partial charge in [-0.2, -0.15) is 0 Å². The lowest BCUT2D eigenvalue weighted by Crippen LogP contribution is -2.44. The minimum absolute atomic E-state index is 0.102. The number of carboxylic acids is 1. The summed E-state index contributed by atoms with van der Waals surface area (Å²) in [5.41, 5.74) is 0.301. The van der Waals surface area contributed by atoms with E-state index in [1.807, 2.05) is 0 Å². The fraction of sp³-hybridized carbons (Fsp3) is 0.385. The van der Waals surface area contributed by atoms with Gasteiger partial charge in [-0.05, 0) is 31.0 Å². The quantitative estimate of drug-likeness (QED) is 0.882. The standard InChI is InChI=1S/C13H14ClFN2O3/c14-10-6-9(15)3-4-11(10)16-13(20)17-5-1-2-8(7-17)12(18)19/h3-4,6,8H,1-2,5,7H2,(H,16,20)(H,18,19). The largest absolute Gasteiger partial charge is 0.481 e. The number of hydrogen-bond acceptors (Lipinski definition) is 2. The van der Waals surface area contributed by atoms with Crippen LogP contribution in [-0.2, 0) is 4.79 Å². The van der Waals surface area contributed by atoms with E-state index in [4.69, 9.17) is 16.7 Å². The first-order valence-corrected chi connectivity index (χ1v) is 6.59. The number of aliphatic carboxylic acids is 1. The Morgan fingerprint density at radius 3 is 2.85 bits per heavy atom. The number of halogens is 2. The predicted molar refractivity (Wildman–Crippen MR) is 72.4 cm³/mol. The summed E-state index contributed by atoms with van der Waals surface area (Å²) in [5, 5.41) is 11.6. The van der Waals surface area contributed by atoms with Gasteiger partial charge in [0.1, 0.15) is 5.82 Å². The number of hydrogen-bond donors (Lipinski definition) is 2. The first-order valence-electron chi connectivity index (χ1n) is 6.21. The zero-order valence-corrected chi connectivity index (χ0v) is 11.4. The number of anilines is 1. The molecular formula is C13H14ClFN2O3. The maximum absolute atomic E-state index is 12.9. The first-order chi connectivity index (χ1) is 9.47. The van der Waals surface area contributed by atoms with Crippen LogP contribution in [0.4, 0.5) is 14.9 Å². The molecule has 1 aliphatic rings. The number of urea groups is 1. The van der Waals surface area contributed by atoms with Gasteiger partial charge in [0.15, 0.2) is 0 Å². The molecule has 2 rings (SSSR count). The summed E-state index contributed by atoms with van der Waals surface area (Å²) in [6.45, 7) is 0.661. The lowest BCUT2D eigenvalue weighted by molar-refractivity contribution is -0.143. The van der Waals surface area contributed by atoms with Crippen molar-refractivity contribution in [1.29, 1.82) is 0 Å². The van der Waals surface area contributed by atoms with E-state index in [2.05, 4.69) is 5.32 Å². The molecule has 1 unspecified atom stereocenters. The van der Waals surface area contributed by atoms with Crippen molar-refractivity contribution >= 4 is 29.3 Å². The lowest BCUT2D eigenvalue weighted by atomic mass is 9.99. The van der Waals surface area contributed by atoms with E-state index >= 15 is 0 Å². The van der Waals surface area contributed by atoms with Crippen LogP contribution in [0.15, 0.2) is 18.2 Å². The van der Waals surface area contributed by atoms with Gasteiger partial charge >= 0.3 is 12.0 Å². The molecule has 1 aromatic rings. The van der Waals surface area contributed by atoms with E-state index in [1.54, 1.807) is 0 Å². The highest BCUT2D eigenvalue weighted by Gasteiger charge is 2.28. The molecule has 2 amide bonds. The molecule has 2 N–H and O–H groups in total. The van der Waals surface area contributed by atoms with Gasteiger partial charge in [0.25, 0.3) is 0 Å². The van der Waals surface area contributed by atoms with Crippen molar-refractivity contribution < 1.29 is 19.1 Å². The third-order valence-corrected chi connectivity index (χ3v) is 3.54. The normalized spacial score (nSPS) is 18.7. The molecule has 1 fully saturated rings. The molecule has 1 aromatic carbocycles. The Hall–Kier alpha value is -1.82. The van der Waals surface area contributed by atoms with E-state index in [1.165, 1.54) is 17.0 Å². The SMILES string of the molecule is O=C(O)C1CCCN(C(=O)Nc2ccc(F)cc2Cl)C1. The van der Waals surface area contributed by atoms with Crippen LogP contribution in [0, 0.1) is 11.7 Å². The average molecular weight is 301 g/mol. The molecule has 7 heteroatoms. The number of nitrogens with zero attached hydrogens (tertiary/aromatic N) is 1. The summed E-state index contributed by atoms with van der Waals surface area (Å²) in [5.74, 6) is -1.93. The molecule has 0 radical (unpaired) electrons. The molecule has 1 saturated heterocycles. The van der Waals surface area contributed by atoms with Gasteiger partial charge in [-0.3, -0.25) is 4.79 Å². The van der Waals surface area contributed by atoms with Gasteiger partial charge in [0.2, 0.25) is 0 Å². The van der Waals surface area contributed by atoms with E-state index in [9.17, 15) is 14.0 Å². The Kier molecular flexibility index (Phi) is 4.44. The summed E-state index contributed by atoms with van der Waals surface area (Å²) in [6, 6.07) is 3.24. The number of carbonyl (C=O) groups is 2. The first kappa shape index (κ1) is 14.6. The molecule has 0 spiro atoms. The van der Waals surface area contributed by atoms with Crippen molar-refractivity contribution in [3.63, 3.8) is 0 Å². The summed E-state index contributed by atoms with van der Waals surface area (Å²) in [6.07, 6.45) is 1.21. The molecule has 1 atom stereocenters. The fourth-order valence-electron chi connectivity index (χ4n) is 2.15. The van der Waals surface area contributed by atoms with E-state index < -0.39 is 23.7 Å². The van der Waals surface area contributed by atoms with Crippen molar-refractivity contribution in [1.82, 2.24) is 4.90 Å².